The number of aromatic nitrogens is 3. The fourth-order valence-corrected chi connectivity index (χ4v) is 4.33. The molecule has 0 aliphatic carbocycles. The zero-order chi connectivity index (χ0) is 19.2. The third-order valence-corrected chi connectivity index (χ3v) is 6.04. The standard InChI is InChI=1S/C17H23N5O3S2/c1-3-18-16(24)19-15(23)11(2)27-17-21-20-14(13-7-5-9-26-13)22(17)10-12-6-4-8-25-12/h5,7,9,11-12H,3-4,6,8,10H2,1-2H3,(H2,18,19,23,24). The van der Waals surface area contributed by atoms with E-state index >= 15 is 0 Å². The molecule has 1 fully saturated rings. The lowest BCUT2D eigenvalue weighted by atomic mass is 10.2. The van der Waals surface area contributed by atoms with E-state index in [0.29, 0.717) is 18.2 Å². The molecule has 8 nitrogen and oxygen atoms in total. The number of thioether (sulfide) groups is 1. The Morgan fingerprint density at radius 1 is 1.48 bits per heavy atom. The second-order valence-electron chi connectivity index (χ2n) is 6.14. The molecule has 1 aliphatic rings. The molecule has 0 radical (unpaired) electrons. The van der Waals surface area contributed by atoms with Crippen molar-refractivity contribution in [1.29, 1.82) is 0 Å². The minimum Gasteiger partial charge on any atom is -0.376 e. The summed E-state index contributed by atoms with van der Waals surface area (Å²) in [4.78, 5) is 24.8. The molecular formula is C17H23N5O3S2. The Hall–Kier alpha value is -1.91. The van der Waals surface area contributed by atoms with Gasteiger partial charge in [-0.3, -0.25) is 14.7 Å². The van der Waals surface area contributed by atoms with Crippen LogP contribution in [-0.4, -0.2) is 51.2 Å². The van der Waals surface area contributed by atoms with E-state index in [0.717, 1.165) is 30.2 Å². The lowest BCUT2D eigenvalue weighted by molar-refractivity contribution is -0.119. The molecule has 3 amide bonds. The summed E-state index contributed by atoms with van der Waals surface area (Å²) < 4.78 is 7.79. The van der Waals surface area contributed by atoms with Gasteiger partial charge in [-0.05, 0) is 38.1 Å². The molecule has 2 atom stereocenters. The SMILES string of the molecule is CCNC(=O)NC(=O)C(C)Sc1nnc(-c2cccs2)n1CC1CCCO1. The van der Waals surface area contributed by atoms with Crippen molar-refractivity contribution in [3.63, 3.8) is 0 Å². The Labute approximate surface area is 166 Å². The summed E-state index contributed by atoms with van der Waals surface area (Å²) in [5, 5.41) is 15.7. The lowest BCUT2D eigenvalue weighted by Crippen LogP contribution is -2.42. The number of thiophene rings is 1. The van der Waals surface area contributed by atoms with Crippen molar-refractivity contribution in [3.8, 4) is 10.7 Å². The van der Waals surface area contributed by atoms with Crippen LogP contribution in [-0.2, 0) is 16.1 Å². The molecule has 2 aromatic rings. The predicted molar refractivity (Wildman–Crippen MR) is 105 cm³/mol. The molecule has 0 spiro atoms. The fraction of sp³-hybridized carbons (Fsp3) is 0.529. The number of amides is 3. The minimum atomic E-state index is -0.491. The molecule has 3 heterocycles. The Balaban J connectivity index is 1.75. The number of nitrogens with one attached hydrogen (secondary N) is 2. The van der Waals surface area contributed by atoms with E-state index in [9.17, 15) is 9.59 Å². The maximum atomic E-state index is 12.3. The average Bonchev–Trinajstić information content (AvgIpc) is 3.38. The van der Waals surface area contributed by atoms with Crippen LogP contribution in [0.3, 0.4) is 0 Å². The van der Waals surface area contributed by atoms with Gasteiger partial charge in [-0.2, -0.15) is 0 Å². The van der Waals surface area contributed by atoms with Gasteiger partial charge in [0.05, 0.1) is 22.8 Å². The summed E-state index contributed by atoms with van der Waals surface area (Å²) in [6, 6.07) is 3.48. The van der Waals surface area contributed by atoms with E-state index in [1.165, 1.54) is 11.8 Å². The van der Waals surface area contributed by atoms with Crippen molar-refractivity contribution in [1.82, 2.24) is 25.4 Å². The highest BCUT2D eigenvalue weighted by Gasteiger charge is 2.25. The summed E-state index contributed by atoms with van der Waals surface area (Å²) in [5.41, 5.74) is 0. The molecule has 1 aliphatic heterocycles. The van der Waals surface area contributed by atoms with Crippen molar-refractivity contribution in [3.05, 3.63) is 17.5 Å². The van der Waals surface area contributed by atoms with E-state index in [-0.39, 0.29) is 12.0 Å². The molecule has 0 bridgehead atoms. The first kappa shape index (κ1) is 19.8. The molecule has 2 N–H and O–H groups in total. The molecule has 2 unspecified atom stereocenters. The fourth-order valence-electron chi connectivity index (χ4n) is 2.75. The number of nitrogens with zero attached hydrogens (tertiary/aromatic N) is 3. The van der Waals surface area contributed by atoms with Crippen LogP contribution >= 0.6 is 23.1 Å². The average molecular weight is 410 g/mol. The second kappa shape index (κ2) is 9.34. The number of imide groups is 1. The second-order valence-corrected chi connectivity index (χ2v) is 8.39. The molecule has 27 heavy (non-hydrogen) atoms. The topological polar surface area (TPSA) is 98.1 Å². The van der Waals surface area contributed by atoms with Crippen molar-refractivity contribution in [2.24, 2.45) is 0 Å². The Morgan fingerprint density at radius 3 is 3.00 bits per heavy atom. The van der Waals surface area contributed by atoms with Crippen LogP contribution < -0.4 is 10.6 Å². The van der Waals surface area contributed by atoms with E-state index in [2.05, 4.69) is 20.8 Å². The summed E-state index contributed by atoms with van der Waals surface area (Å²) in [6.45, 7) is 5.42. The smallest absolute Gasteiger partial charge is 0.321 e. The maximum absolute atomic E-state index is 12.3. The van der Waals surface area contributed by atoms with Gasteiger partial charge in [0.2, 0.25) is 5.91 Å². The van der Waals surface area contributed by atoms with Crippen molar-refractivity contribution in [2.75, 3.05) is 13.2 Å². The van der Waals surface area contributed by atoms with Gasteiger partial charge < -0.3 is 10.1 Å². The van der Waals surface area contributed by atoms with Crippen molar-refractivity contribution >= 4 is 35.0 Å². The summed E-state index contributed by atoms with van der Waals surface area (Å²) in [5.74, 6) is 0.412. The van der Waals surface area contributed by atoms with Gasteiger partial charge >= 0.3 is 6.03 Å². The Kier molecular flexibility index (Phi) is 6.86. The molecule has 3 rings (SSSR count). The zero-order valence-corrected chi connectivity index (χ0v) is 16.9. The molecule has 1 saturated heterocycles. The monoisotopic (exact) mass is 409 g/mol. The number of carbonyl (C=O) groups excluding carboxylic acids is 2. The largest absolute Gasteiger partial charge is 0.376 e. The number of ether oxygens (including phenoxy) is 1. The minimum absolute atomic E-state index is 0.124. The third kappa shape index (κ3) is 5.08. The molecule has 10 heteroatoms. The van der Waals surface area contributed by atoms with E-state index in [1.54, 1.807) is 25.2 Å². The highest BCUT2D eigenvalue weighted by molar-refractivity contribution is 8.00. The van der Waals surface area contributed by atoms with Gasteiger partial charge in [-0.1, -0.05) is 17.8 Å². The van der Waals surface area contributed by atoms with E-state index < -0.39 is 11.3 Å². The summed E-state index contributed by atoms with van der Waals surface area (Å²) >= 11 is 2.88. The first-order valence-electron chi connectivity index (χ1n) is 8.92. The van der Waals surface area contributed by atoms with Gasteiger partial charge in [0.15, 0.2) is 11.0 Å². The van der Waals surface area contributed by atoms with Crippen LogP contribution in [0.5, 0.6) is 0 Å². The molecular weight excluding hydrogens is 386 g/mol. The Morgan fingerprint density at radius 2 is 2.33 bits per heavy atom. The molecule has 0 aromatic carbocycles. The molecule has 2 aromatic heterocycles. The quantitative estimate of drug-likeness (QED) is 0.682. The summed E-state index contributed by atoms with van der Waals surface area (Å²) in [6.07, 6.45) is 2.17. The van der Waals surface area contributed by atoms with Gasteiger partial charge in [-0.25, -0.2) is 4.79 Å². The van der Waals surface area contributed by atoms with Crippen LogP contribution in [0.1, 0.15) is 26.7 Å². The van der Waals surface area contributed by atoms with Gasteiger partial charge in [0.25, 0.3) is 0 Å². The van der Waals surface area contributed by atoms with E-state index in [4.69, 9.17) is 4.74 Å². The van der Waals surface area contributed by atoms with Crippen LogP contribution in [0, 0.1) is 0 Å². The van der Waals surface area contributed by atoms with Gasteiger partial charge in [0.1, 0.15) is 0 Å². The number of hydrogen-bond donors (Lipinski definition) is 2. The van der Waals surface area contributed by atoms with Crippen LogP contribution in [0.2, 0.25) is 0 Å². The zero-order valence-electron chi connectivity index (χ0n) is 15.3. The number of rotatable bonds is 7. The van der Waals surface area contributed by atoms with Gasteiger partial charge in [-0.15, -0.1) is 21.5 Å². The molecule has 146 valence electrons. The lowest BCUT2D eigenvalue weighted by Gasteiger charge is -2.16. The first-order valence-corrected chi connectivity index (χ1v) is 10.7. The van der Waals surface area contributed by atoms with Crippen LogP contribution in [0.15, 0.2) is 22.7 Å². The highest BCUT2D eigenvalue weighted by Crippen LogP contribution is 2.30. The first-order chi connectivity index (χ1) is 13.1. The third-order valence-electron chi connectivity index (χ3n) is 4.09. The van der Waals surface area contributed by atoms with Crippen LogP contribution in [0.4, 0.5) is 4.79 Å². The number of urea groups is 1. The Bertz CT molecular complexity index is 772. The van der Waals surface area contributed by atoms with E-state index in [1.807, 2.05) is 22.1 Å². The normalized spacial score (nSPS) is 17.6. The van der Waals surface area contributed by atoms with Crippen molar-refractivity contribution in [2.45, 2.75) is 49.7 Å². The van der Waals surface area contributed by atoms with Crippen molar-refractivity contribution < 1.29 is 14.3 Å². The predicted octanol–water partition coefficient (Wildman–Crippen LogP) is 2.51. The van der Waals surface area contributed by atoms with Crippen LogP contribution in [0.25, 0.3) is 10.7 Å². The maximum Gasteiger partial charge on any atom is 0.321 e. The highest BCUT2D eigenvalue weighted by atomic mass is 32.2. The molecule has 0 saturated carbocycles. The number of carbonyl (C=O) groups is 2. The van der Waals surface area contributed by atoms with Gasteiger partial charge in [0, 0.05) is 13.2 Å². The summed E-state index contributed by atoms with van der Waals surface area (Å²) in [7, 11) is 0. The number of hydrogen-bond acceptors (Lipinski definition) is 7.